The second-order valence-corrected chi connectivity index (χ2v) is 6.61. The summed E-state index contributed by atoms with van der Waals surface area (Å²) in [6.45, 7) is 3.09. The van der Waals surface area contributed by atoms with Crippen molar-refractivity contribution in [3.63, 3.8) is 0 Å². The van der Waals surface area contributed by atoms with Gasteiger partial charge in [-0.3, -0.25) is 4.79 Å². The van der Waals surface area contributed by atoms with Gasteiger partial charge in [0.15, 0.2) is 17.5 Å². The third kappa shape index (κ3) is 3.34. The molecule has 0 unspecified atom stereocenters. The molecule has 8 heteroatoms. The second kappa shape index (κ2) is 7.30. The zero-order valence-corrected chi connectivity index (χ0v) is 15.1. The number of rotatable bonds is 5. The van der Waals surface area contributed by atoms with E-state index in [-0.39, 0.29) is 17.8 Å². The van der Waals surface area contributed by atoms with Crippen LogP contribution in [0.25, 0.3) is 22.4 Å². The van der Waals surface area contributed by atoms with Crippen LogP contribution in [0.1, 0.15) is 26.2 Å². The Morgan fingerprint density at radius 1 is 1.44 bits per heavy atom. The standard InChI is InChI=1S/C19H21FN6O/c1-2-16(27)26-8-4-5-12(26)9-22-19-15(20)11-24-18(25-19)14-10-23-17-13(14)6-3-7-21-17/h3,6-7,10-12H,2,4-5,8-9H2,1H3,(H,21,23)(H,22,24,25)/t12-/m1/s1. The summed E-state index contributed by atoms with van der Waals surface area (Å²) in [4.78, 5) is 29.7. The highest BCUT2D eigenvalue weighted by Crippen LogP contribution is 2.26. The van der Waals surface area contributed by atoms with Crippen molar-refractivity contribution in [1.82, 2.24) is 24.8 Å². The molecule has 3 aromatic heterocycles. The van der Waals surface area contributed by atoms with Crippen molar-refractivity contribution < 1.29 is 9.18 Å². The van der Waals surface area contributed by atoms with Gasteiger partial charge in [0, 0.05) is 48.9 Å². The van der Waals surface area contributed by atoms with E-state index in [9.17, 15) is 9.18 Å². The van der Waals surface area contributed by atoms with Gasteiger partial charge >= 0.3 is 0 Å². The summed E-state index contributed by atoms with van der Waals surface area (Å²) < 4.78 is 14.2. The lowest BCUT2D eigenvalue weighted by Crippen LogP contribution is -2.39. The number of hydrogen-bond acceptors (Lipinski definition) is 5. The van der Waals surface area contributed by atoms with E-state index in [1.807, 2.05) is 24.0 Å². The van der Waals surface area contributed by atoms with Gasteiger partial charge in [0.25, 0.3) is 0 Å². The topological polar surface area (TPSA) is 86.8 Å². The minimum atomic E-state index is -0.511. The molecule has 0 spiro atoms. The monoisotopic (exact) mass is 368 g/mol. The van der Waals surface area contributed by atoms with Gasteiger partial charge in [-0.25, -0.2) is 19.3 Å². The fourth-order valence-electron chi connectivity index (χ4n) is 3.56. The summed E-state index contributed by atoms with van der Waals surface area (Å²) in [5, 5.41) is 3.95. The number of anilines is 1. The zero-order valence-electron chi connectivity index (χ0n) is 15.1. The Balaban J connectivity index is 1.55. The van der Waals surface area contributed by atoms with Crippen molar-refractivity contribution >= 4 is 22.8 Å². The van der Waals surface area contributed by atoms with E-state index in [4.69, 9.17) is 0 Å². The molecular weight excluding hydrogens is 347 g/mol. The van der Waals surface area contributed by atoms with Crippen LogP contribution in [-0.4, -0.2) is 49.9 Å². The van der Waals surface area contributed by atoms with Crippen molar-refractivity contribution in [2.45, 2.75) is 32.2 Å². The van der Waals surface area contributed by atoms with Crippen LogP contribution in [0.15, 0.2) is 30.7 Å². The Kier molecular flexibility index (Phi) is 4.70. The molecule has 0 bridgehead atoms. The number of pyridine rings is 1. The number of nitrogens with one attached hydrogen (secondary N) is 2. The van der Waals surface area contributed by atoms with Gasteiger partial charge in [0.05, 0.1) is 6.20 Å². The van der Waals surface area contributed by atoms with Gasteiger partial charge in [-0.2, -0.15) is 0 Å². The normalized spacial score (nSPS) is 16.8. The summed E-state index contributed by atoms with van der Waals surface area (Å²) in [6, 6.07) is 3.82. The molecule has 140 valence electrons. The Bertz CT molecular complexity index is 972. The smallest absolute Gasteiger partial charge is 0.222 e. The number of fused-ring (bicyclic) bond motifs is 1. The lowest BCUT2D eigenvalue weighted by Gasteiger charge is -2.24. The van der Waals surface area contributed by atoms with Crippen LogP contribution in [0.5, 0.6) is 0 Å². The molecule has 4 heterocycles. The quantitative estimate of drug-likeness (QED) is 0.723. The minimum absolute atomic E-state index is 0.0626. The van der Waals surface area contributed by atoms with E-state index in [1.165, 1.54) is 6.20 Å². The molecule has 1 atom stereocenters. The number of nitrogens with zero attached hydrogens (tertiary/aromatic N) is 4. The lowest BCUT2D eigenvalue weighted by atomic mass is 10.2. The number of carbonyl (C=O) groups is 1. The number of aromatic nitrogens is 4. The molecule has 27 heavy (non-hydrogen) atoms. The Hall–Kier alpha value is -3.03. The first-order valence-corrected chi connectivity index (χ1v) is 9.15. The molecule has 1 aliphatic rings. The third-order valence-corrected chi connectivity index (χ3v) is 4.94. The average Bonchev–Trinajstić information content (AvgIpc) is 3.34. The Labute approximate surface area is 156 Å². The third-order valence-electron chi connectivity index (χ3n) is 4.94. The highest BCUT2D eigenvalue weighted by molar-refractivity contribution is 5.91. The molecule has 0 aliphatic carbocycles. The van der Waals surface area contributed by atoms with Crippen LogP contribution in [0, 0.1) is 5.82 Å². The molecular formula is C19H21FN6O. The molecule has 1 saturated heterocycles. The summed E-state index contributed by atoms with van der Waals surface area (Å²) in [7, 11) is 0. The predicted molar refractivity (Wildman–Crippen MR) is 101 cm³/mol. The van der Waals surface area contributed by atoms with Crippen molar-refractivity contribution in [2.24, 2.45) is 0 Å². The first kappa shape index (κ1) is 17.4. The van der Waals surface area contributed by atoms with Crippen LogP contribution in [-0.2, 0) is 4.79 Å². The van der Waals surface area contributed by atoms with Crippen molar-refractivity contribution in [3.05, 3.63) is 36.5 Å². The molecule has 0 saturated carbocycles. The Morgan fingerprint density at radius 3 is 3.19 bits per heavy atom. The van der Waals surface area contributed by atoms with Gasteiger partial charge in [-0.05, 0) is 25.0 Å². The molecule has 1 fully saturated rings. The number of likely N-dealkylation sites (tertiary alicyclic amines) is 1. The summed E-state index contributed by atoms with van der Waals surface area (Å²) in [6.07, 6.45) is 7.00. The number of H-pyrrole nitrogens is 1. The van der Waals surface area contributed by atoms with E-state index in [2.05, 4.69) is 25.3 Å². The van der Waals surface area contributed by atoms with Gasteiger partial charge in [-0.1, -0.05) is 6.92 Å². The molecule has 7 nitrogen and oxygen atoms in total. The predicted octanol–water partition coefficient (Wildman–Crippen LogP) is 2.97. The molecule has 2 N–H and O–H groups in total. The van der Waals surface area contributed by atoms with Crippen LogP contribution in [0.4, 0.5) is 10.2 Å². The molecule has 4 rings (SSSR count). The zero-order chi connectivity index (χ0) is 18.8. The summed E-state index contributed by atoms with van der Waals surface area (Å²) in [5.41, 5.74) is 1.50. The number of halogens is 1. The van der Waals surface area contributed by atoms with Gasteiger partial charge in [0.1, 0.15) is 5.65 Å². The van der Waals surface area contributed by atoms with E-state index < -0.39 is 5.82 Å². The first-order valence-electron chi connectivity index (χ1n) is 9.15. The van der Waals surface area contributed by atoms with E-state index in [0.717, 1.165) is 36.0 Å². The molecule has 3 aromatic rings. The van der Waals surface area contributed by atoms with Crippen LogP contribution in [0.2, 0.25) is 0 Å². The van der Waals surface area contributed by atoms with Crippen molar-refractivity contribution in [3.8, 4) is 11.4 Å². The van der Waals surface area contributed by atoms with Crippen LogP contribution in [0.3, 0.4) is 0 Å². The fraction of sp³-hybridized carbons (Fsp3) is 0.368. The number of hydrogen-bond donors (Lipinski definition) is 2. The molecule has 0 radical (unpaired) electrons. The highest BCUT2D eigenvalue weighted by Gasteiger charge is 2.27. The number of aromatic amines is 1. The maximum Gasteiger partial charge on any atom is 0.222 e. The number of amides is 1. The summed E-state index contributed by atoms with van der Waals surface area (Å²) in [5.74, 6) is 0.192. The van der Waals surface area contributed by atoms with Gasteiger partial charge in [-0.15, -0.1) is 0 Å². The first-order chi connectivity index (χ1) is 13.2. The molecule has 1 amide bonds. The molecule has 1 aliphatic heterocycles. The molecule has 0 aromatic carbocycles. The van der Waals surface area contributed by atoms with Gasteiger partial charge < -0.3 is 15.2 Å². The summed E-state index contributed by atoms with van der Waals surface area (Å²) >= 11 is 0. The maximum absolute atomic E-state index is 14.2. The highest BCUT2D eigenvalue weighted by atomic mass is 19.1. The van der Waals surface area contributed by atoms with Crippen molar-refractivity contribution in [1.29, 1.82) is 0 Å². The average molecular weight is 368 g/mol. The lowest BCUT2D eigenvalue weighted by molar-refractivity contribution is -0.131. The second-order valence-electron chi connectivity index (χ2n) is 6.61. The maximum atomic E-state index is 14.2. The van der Waals surface area contributed by atoms with Crippen LogP contribution < -0.4 is 5.32 Å². The number of carbonyl (C=O) groups excluding carboxylic acids is 1. The largest absolute Gasteiger partial charge is 0.365 e. The van der Waals surface area contributed by atoms with E-state index >= 15 is 0 Å². The van der Waals surface area contributed by atoms with Crippen molar-refractivity contribution in [2.75, 3.05) is 18.4 Å². The SMILES string of the molecule is CCC(=O)N1CCC[C@@H]1CNc1nc(-c2c[nH]c3ncccc23)ncc1F. The van der Waals surface area contributed by atoms with E-state index in [0.29, 0.717) is 18.8 Å². The fourth-order valence-corrected chi connectivity index (χ4v) is 3.56. The van der Waals surface area contributed by atoms with Crippen LogP contribution >= 0.6 is 0 Å². The van der Waals surface area contributed by atoms with E-state index in [1.54, 1.807) is 12.4 Å². The van der Waals surface area contributed by atoms with Gasteiger partial charge in [0.2, 0.25) is 5.91 Å². The minimum Gasteiger partial charge on any atom is -0.365 e. The Morgan fingerprint density at radius 2 is 2.33 bits per heavy atom.